The van der Waals surface area contributed by atoms with E-state index < -0.39 is 0 Å². The summed E-state index contributed by atoms with van der Waals surface area (Å²) in [5.74, 6) is 0.708. The van der Waals surface area contributed by atoms with Crippen molar-refractivity contribution < 1.29 is 0 Å². The van der Waals surface area contributed by atoms with Gasteiger partial charge in [0, 0.05) is 23.1 Å². The second-order valence-corrected chi connectivity index (χ2v) is 4.62. The Morgan fingerprint density at radius 3 is 2.62 bits per heavy atom. The molecule has 0 aliphatic carbocycles. The molecule has 84 valence electrons. The summed E-state index contributed by atoms with van der Waals surface area (Å²) in [5, 5.41) is 4.17. The third-order valence-corrected chi connectivity index (χ3v) is 3.41. The summed E-state index contributed by atoms with van der Waals surface area (Å²) in [4.78, 5) is 1.24. The minimum absolute atomic E-state index is 0.708. The van der Waals surface area contributed by atoms with Crippen molar-refractivity contribution in [2.75, 3.05) is 12.0 Å². The van der Waals surface area contributed by atoms with Gasteiger partial charge >= 0.3 is 0 Å². The molecule has 2 N–H and O–H groups in total. The topological polar surface area (TPSA) is 43.8 Å². The highest BCUT2D eigenvalue weighted by atomic mass is 32.2. The van der Waals surface area contributed by atoms with Crippen molar-refractivity contribution in [3.8, 4) is 11.1 Å². The van der Waals surface area contributed by atoms with Gasteiger partial charge in [0.2, 0.25) is 0 Å². The minimum atomic E-state index is 0.708. The van der Waals surface area contributed by atoms with E-state index in [0.717, 1.165) is 11.1 Å². The number of nitrogen functional groups attached to an aromatic ring is 1. The molecule has 0 aliphatic rings. The Hall–Kier alpha value is -1.42. The Labute approximate surface area is 99.7 Å². The van der Waals surface area contributed by atoms with Crippen LogP contribution in [0.1, 0.15) is 5.56 Å². The van der Waals surface area contributed by atoms with E-state index in [1.54, 1.807) is 16.4 Å². The predicted molar refractivity (Wildman–Crippen MR) is 69.6 cm³/mol. The maximum absolute atomic E-state index is 5.99. The number of nitrogens with zero attached hydrogens (tertiary/aromatic N) is 2. The summed E-state index contributed by atoms with van der Waals surface area (Å²) in [6.45, 7) is 2.09. The maximum Gasteiger partial charge on any atom is 0.129 e. The third kappa shape index (κ3) is 1.80. The van der Waals surface area contributed by atoms with E-state index in [0.29, 0.717) is 5.82 Å². The van der Waals surface area contributed by atoms with Crippen molar-refractivity contribution in [2.24, 2.45) is 7.05 Å². The van der Waals surface area contributed by atoms with Crippen LogP contribution >= 0.6 is 11.8 Å². The van der Waals surface area contributed by atoms with Crippen molar-refractivity contribution in [3.63, 3.8) is 0 Å². The Morgan fingerprint density at radius 1 is 1.31 bits per heavy atom. The van der Waals surface area contributed by atoms with Gasteiger partial charge in [-0.05, 0) is 24.8 Å². The molecule has 0 spiro atoms. The Morgan fingerprint density at radius 2 is 2.06 bits per heavy atom. The molecule has 0 saturated heterocycles. The lowest BCUT2D eigenvalue weighted by Crippen LogP contribution is -1.98. The van der Waals surface area contributed by atoms with Gasteiger partial charge < -0.3 is 5.73 Å². The first kappa shape index (κ1) is 11.1. The normalized spacial score (nSPS) is 10.7. The first-order valence-corrected chi connectivity index (χ1v) is 6.28. The highest BCUT2D eigenvalue weighted by Crippen LogP contribution is 2.33. The average molecular weight is 233 g/mol. The zero-order valence-corrected chi connectivity index (χ0v) is 10.5. The number of hydrogen-bond acceptors (Lipinski definition) is 3. The van der Waals surface area contributed by atoms with Crippen LogP contribution in [-0.2, 0) is 7.05 Å². The second kappa shape index (κ2) is 4.22. The second-order valence-electron chi connectivity index (χ2n) is 3.77. The molecule has 2 rings (SSSR count). The summed E-state index contributed by atoms with van der Waals surface area (Å²) in [6, 6.07) is 6.38. The molecule has 0 bridgehead atoms. The van der Waals surface area contributed by atoms with Crippen LogP contribution < -0.4 is 5.73 Å². The number of nitrogens with two attached hydrogens (primary N) is 1. The van der Waals surface area contributed by atoms with Crippen LogP contribution in [0.5, 0.6) is 0 Å². The number of rotatable bonds is 2. The quantitative estimate of drug-likeness (QED) is 0.811. The molecule has 2 aromatic rings. The van der Waals surface area contributed by atoms with Crippen LogP contribution in [0.25, 0.3) is 11.1 Å². The summed E-state index contributed by atoms with van der Waals surface area (Å²) in [6.07, 6.45) is 3.89. The number of aryl methyl sites for hydroxylation is 2. The van der Waals surface area contributed by atoms with Gasteiger partial charge in [-0.1, -0.05) is 12.1 Å². The van der Waals surface area contributed by atoms with Crippen LogP contribution in [0.15, 0.2) is 29.3 Å². The van der Waals surface area contributed by atoms with Gasteiger partial charge in [0.15, 0.2) is 0 Å². The largest absolute Gasteiger partial charge is 0.383 e. The Bertz CT molecular complexity index is 517. The van der Waals surface area contributed by atoms with Crippen LogP contribution in [0.4, 0.5) is 5.82 Å². The SMILES string of the molecule is CSc1cc(C)ccc1-c1cnn(C)c1N. The van der Waals surface area contributed by atoms with E-state index in [9.17, 15) is 0 Å². The molecule has 4 heteroatoms. The lowest BCUT2D eigenvalue weighted by atomic mass is 10.1. The van der Waals surface area contributed by atoms with Crippen molar-refractivity contribution in [1.29, 1.82) is 0 Å². The maximum atomic E-state index is 5.99. The number of benzene rings is 1. The van der Waals surface area contributed by atoms with Gasteiger partial charge in [-0.2, -0.15) is 5.10 Å². The zero-order valence-electron chi connectivity index (χ0n) is 9.69. The number of aromatic nitrogens is 2. The van der Waals surface area contributed by atoms with Crippen molar-refractivity contribution in [2.45, 2.75) is 11.8 Å². The molecule has 3 nitrogen and oxygen atoms in total. The van der Waals surface area contributed by atoms with Crippen LogP contribution in [0.3, 0.4) is 0 Å². The minimum Gasteiger partial charge on any atom is -0.383 e. The molecular weight excluding hydrogens is 218 g/mol. The summed E-state index contributed by atoms with van der Waals surface area (Å²) in [7, 11) is 1.85. The Balaban J connectivity index is 2.59. The molecule has 1 aromatic heterocycles. The standard InChI is InChI=1S/C12H15N3S/c1-8-4-5-9(11(6-8)16-3)10-7-14-15(2)12(10)13/h4-7H,13H2,1-3H3. The fraction of sp³-hybridized carbons (Fsp3) is 0.250. The zero-order chi connectivity index (χ0) is 11.7. The van der Waals surface area contributed by atoms with Crippen LogP contribution in [0, 0.1) is 6.92 Å². The smallest absolute Gasteiger partial charge is 0.129 e. The highest BCUT2D eigenvalue weighted by molar-refractivity contribution is 7.98. The molecule has 0 unspecified atom stereocenters. The average Bonchev–Trinajstić information content (AvgIpc) is 2.60. The lowest BCUT2D eigenvalue weighted by Gasteiger charge is -2.07. The summed E-state index contributed by atoms with van der Waals surface area (Å²) < 4.78 is 1.69. The summed E-state index contributed by atoms with van der Waals surface area (Å²) >= 11 is 1.73. The first-order valence-electron chi connectivity index (χ1n) is 5.06. The first-order chi connectivity index (χ1) is 7.63. The molecule has 1 aromatic carbocycles. The third-order valence-electron chi connectivity index (χ3n) is 2.63. The fourth-order valence-electron chi connectivity index (χ4n) is 1.68. The Kier molecular flexibility index (Phi) is 2.92. The van der Waals surface area contributed by atoms with Crippen LogP contribution in [-0.4, -0.2) is 16.0 Å². The molecular formula is C12H15N3S. The molecule has 0 amide bonds. The van der Waals surface area contributed by atoms with Gasteiger partial charge in [0.05, 0.1) is 6.20 Å². The molecule has 0 atom stereocenters. The van der Waals surface area contributed by atoms with Crippen molar-refractivity contribution in [3.05, 3.63) is 30.0 Å². The van der Waals surface area contributed by atoms with E-state index in [1.807, 2.05) is 13.2 Å². The molecule has 16 heavy (non-hydrogen) atoms. The molecule has 0 fully saturated rings. The van der Waals surface area contributed by atoms with Gasteiger partial charge in [0.25, 0.3) is 0 Å². The molecule has 0 radical (unpaired) electrons. The fourth-order valence-corrected chi connectivity index (χ4v) is 2.38. The molecule has 0 saturated carbocycles. The number of thioether (sulfide) groups is 1. The van der Waals surface area contributed by atoms with Crippen LogP contribution in [0.2, 0.25) is 0 Å². The van der Waals surface area contributed by atoms with E-state index in [2.05, 4.69) is 36.5 Å². The van der Waals surface area contributed by atoms with Gasteiger partial charge in [0.1, 0.15) is 5.82 Å². The molecule has 0 aliphatic heterocycles. The predicted octanol–water partition coefficient (Wildman–Crippen LogP) is 2.70. The lowest BCUT2D eigenvalue weighted by molar-refractivity contribution is 0.779. The van der Waals surface area contributed by atoms with Crippen molar-refractivity contribution in [1.82, 2.24) is 9.78 Å². The number of hydrogen-bond donors (Lipinski definition) is 1. The van der Waals surface area contributed by atoms with Gasteiger partial charge in [-0.3, -0.25) is 4.68 Å². The van der Waals surface area contributed by atoms with E-state index in [4.69, 9.17) is 5.73 Å². The molecule has 1 heterocycles. The number of anilines is 1. The highest BCUT2D eigenvalue weighted by Gasteiger charge is 2.11. The van der Waals surface area contributed by atoms with E-state index in [1.165, 1.54) is 10.5 Å². The van der Waals surface area contributed by atoms with E-state index >= 15 is 0 Å². The van der Waals surface area contributed by atoms with E-state index in [-0.39, 0.29) is 0 Å². The monoisotopic (exact) mass is 233 g/mol. The van der Waals surface area contributed by atoms with Gasteiger partial charge in [-0.25, -0.2) is 0 Å². The van der Waals surface area contributed by atoms with Gasteiger partial charge in [-0.15, -0.1) is 11.8 Å². The van der Waals surface area contributed by atoms with Crippen molar-refractivity contribution >= 4 is 17.6 Å². The summed E-state index contributed by atoms with van der Waals surface area (Å²) in [5.41, 5.74) is 9.41.